The molecule has 0 saturated heterocycles. The molecule has 6 nitrogen and oxygen atoms in total. The average Bonchev–Trinajstić information content (AvgIpc) is 2.41. The quantitative estimate of drug-likeness (QED) is 0.319. The first-order valence-corrected chi connectivity index (χ1v) is 7.50. The number of rotatable bonds is 8. The van der Waals surface area contributed by atoms with Crippen LogP contribution in [0.5, 0.6) is 0 Å². The van der Waals surface area contributed by atoms with Crippen molar-refractivity contribution in [2.75, 3.05) is 40.0 Å². The second-order valence-corrected chi connectivity index (χ2v) is 6.40. The minimum Gasteiger partial charge on any atom is -0.367 e. The van der Waals surface area contributed by atoms with Gasteiger partial charge in [-0.15, -0.1) is 0 Å². The van der Waals surface area contributed by atoms with Gasteiger partial charge in [0, 0.05) is 11.8 Å². The molecule has 7 heteroatoms. The van der Waals surface area contributed by atoms with Crippen LogP contribution in [0.3, 0.4) is 0 Å². The van der Waals surface area contributed by atoms with E-state index in [2.05, 4.69) is 0 Å². The lowest BCUT2D eigenvalue weighted by Gasteiger charge is -2.25. The first kappa shape index (κ1) is 17.4. The molecule has 0 aliphatic rings. The molecule has 0 aliphatic heterocycles. The van der Waals surface area contributed by atoms with Crippen molar-refractivity contribution in [1.82, 2.24) is 0 Å². The summed E-state index contributed by atoms with van der Waals surface area (Å²) in [5, 5.41) is 21.8. The van der Waals surface area contributed by atoms with Crippen LogP contribution in [0.1, 0.15) is 11.7 Å². The molecule has 0 radical (unpaired) electrons. The van der Waals surface area contributed by atoms with Crippen LogP contribution in [-0.2, 0) is 4.74 Å². The normalized spacial score (nSPS) is 12.7. The fourth-order valence-corrected chi connectivity index (χ4v) is 2.24. The molecule has 1 rings (SSSR count). The molecule has 0 bridgehead atoms. The van der Waals surface area contributed by atoms with Crippen LogP contribution in [0, 0.1) is 20.8 Å². The maximum Gasteiger partial charge on any atom is 0.275 e. The topological polar surface area (TPSA) is 76.2 Å². The van der Waals surface area contributed by atoms with Gasteiger partial charge in [0.1, 0.15) is 11.9 Å². The molecule has 21 heavy (non-hydrogen) atoms. The van der Waals surface area contributed by atoms with Crippen molar-refractivity contribution in [3.63, 3.8) is 0 Å². The number of nitro groups is 1. The van der Waals surface area contributed by atoms with Crippen molar-refractivity contribution >= 4 is 17.4 Å². The smallest absolute Gasteiger partial charge is 0.275 e. The van der Waals surface area contributed by atoms with E-state index in [-0.39, 0.29) is 5.69 Å². The Morgan fingerprint density at radius 3 is 2.67 bits per heavy atom. The third kappa shape index (κ3) is 6.12. The van der Waals surface area contributed by atoms with E-state index in [4.69, 9.17) is 10.00 Å². The first-order valence-electron chi connectivity index (χ1n) is 6.51. The van der Waals surface area contributed by atoms with Crippen LogP contribution >= 0.6 is 11.8 Å². The molecule has 114 valence electrons. The van der Waals surface area contributed by atoms with E-state index < -0.39 is 11.0 Å². The zero-order valence-corrected chi connectivity index (χ0v) is 13.3. The van der Waals surface area contributed by atoms with Crippen molar-refractivity contribution < 1.29 is 14.1 Å². The molecule has 1 aromatic carbocycles. The van der Waals surface area contributed by atoms with Crippen molar-refractivity contribution in [2.24, 2.45) is 0 Å². The largest absolute Gasteiger partial charge is 0.367 e. The van der Waals surface area contributed by atoms with Crippen molar-refractivity contribution in [1.29, 1.82) is 5.26 Å². The number of nitro benzene ring substituents is 1. The van der Waals surface area contributed by atoms with Gasteiger partial charge in [0.05, 0.1) is 44.3 Å². The summed E-state index contributed by atoms with van der Waals surface area (Å²) >= 11 is 1.04. The van der Waals surface area contributed by atoms with Gasteiger partial charge in [-0.1, -0.05) is 12.1 Å². The van der Waals surface area contributed by atoms with Gasteiger partial charge < -0.3 is 9.22 Å². The summed E-state index contributed by atoms with van der Waals surface area (Å²) in [6, 6.07) is 6.52. The molecule has 0 aromatic heterocycles. The third-order valence-electron chi connectivity index (χ3n) is 2.86. The minimum absolute atomic E-state index is 0.0336. The first-order chi connectivity index (χ1) is 9.85. The van der Waals surface area contributed by atoms with Crippen LogP contribution in [0.2, 0.25) is 0 Å². The number of ether oxygens (including phenoxy) is 1. The number of thiocyanates is 1. The highest BCUT2D eigenvalue weighted by Crippen LogP contribution is 2.29. The van der Waals surface area contributed by atoms with E-state index in [9.17, 15) is 10.1 Å². The summed E-state index contributed by atoms with van der Waals surface area (Å²) in [6.07, 6.45) is -0.456. The SMILES string of the molecule is C[N+](C)(C)CCOC(CSC#N)c1ccccc1[N+](=O)[O-]. The molecule has 0 N–H and O–H groups in total. The molecule has 0 saturated carbocycles. The lowest BCUT2D eigenvalue weighted by atomic mass is 10.1. The number of nitriles is 1. The second-order valence-electron chi connectivity index (χ2n) is 5.59. The van der Waals surface area contributed by atoms with Gasteiger partial charge in [0.25, 0.3) is 5.69 Å². The molecule has 1 aromatic rings. The fraction of sp³-hybridized carbons (Fsp3) is 0.500. The number of nitrogens with zero attached hydrogens (tertiary/aromatic N) is 3. The molecular weight excluding hydrogens is 290 g/mol. The third-order valence-corrected chi connectivity index (χ3v) is 3.46. The summed E-state index contributed by atoms with van der Waals surface area (Å²) in [7, 11) is 6.15. The highest BCUT2D eigenvalue weighted by Gasteiger charge is 2.23. The number of para-hydroxylation sites is 1. The van der Waals surface area contributed by atoms with E-state index in [0.29, 0.717) is 17.9 Å². The van der Waals surface area contributed by atoms with Gasteiger partial charge in [-0.3, -0.25) is 10.1 Å². The Balaban J connectivity index is 2.87. The Kier molecular flexibility index (Phi) is 6.62. The predicted molar refractivity (Wildman–Crippen MR) is 82.8 cm³/mol. The average molecular weight is 310 g/mol. The van der Waals surface area contributed by atoms with Crippen molar-refractivity contribution in [3.05, 3.63) is 39.9 Å². The van der Waals surface area contributed by atoms with Gasteiger partial charge in [-0.25, -0.2) is 0 Å². The Hall–Kier alpha value is -1.62. The van der Waals surface area contributed by atoms with Crippen LogP contribution in [0.4, 0.5) is 5.69 Å². The molecule has 0 heterocycles. The van der Waals surface area contributed by atoms with Crippen LogP contribution in [0.15, 0.2) is 24.3 Å². The van der Waals surface area contributed by atoms with E-state index in [1.54, 1.807) is 18.2 Å². The zero-order valence-electron chi connectivity index (χ0n) is 12.5. The number of quaternary nitrogens is 1. The molecule has 0 amide bonds. The van der Waals surface area contributed by atoms with Crippen LogP contribution in [-0.4, -0.2) is 49.5 Å². The van der Waals surface area contributed by atoms with Crippen molar-refractivity contribution in [3.8, 4) is 5.40 Å². The summed E-state index contributed by atoms with van der Waals surface area (Å²) in [5.74, 6) is 0.374. The number of thioether (sulfide) groups is 1. The van der Waals surface area contributed by atoms with Gasteiger partial charge in [0.2, 0.25) is 0 Å². The van der Waals surface area contributed by atoms with Gasteiger partial charge in [-0.2, -0.15) is 5.26 Å². The number of hydrogen-bond donors (Lipinski definition) is 0. The van der Waals surface area contributed by atoms with Gasteiger partial charge in [0.15, 0.2) is 0 Å². The van der Waals surface area contributed by atoms with E-state index in [1.165, 1.54) is 6.07 Å². The lowest BCUT2D eigenvalue weighted by Crippen LogP contribution is -2.37. The fourth-order valence-electron chi connectivity index (χ4n) is 1.74. The Morgan fingerprint density at radius 2 is 2.10 bits per heavy atom. The standard InChI is InChI=1S/C14H20N3O3S/c1-17(2,3)8-9-20-14(10-21-11-15)12-6-4-5-7-13(12)16(18)19/h4-7,14H,8-10H2,1-3H3/q+1. The summed E-state index contributed by atoms with van der Waals surface area (Å²) in [6.45, 7) is 1.26. The molecular formula is C14H20N3O3S+. The summed E-state index contributed by atoms with van der Waals surface area (Å²) in [5.41, 5.74) is 0.554. The predicted octanol–water partition coefficient (Wildman–Crippen LogP) is 2.57. The van der Waals surface area contributed by atoms with E-state index >= 15 is 0 Å². The Labute approximate surface area is 129 Å². The molecule has 0 spiro atoms. The summed E-state index contributed by atoms with van der Waals surface area (Å²) in [4.78, 5) is 10.7. The number of likely N-dealkylation sites (N-methyl/N-ethyl adjacent to an activating group) is 1. The monoisotopic (exact) mass is 310 g/mol. The van der Waals surface area contributed by atoms with E-state index in [1.807, 2.05) is 26.5 Å². The van der Waals surface area contributed by atoms with Crippen molar-refractivity contribution in [2.45, 2.75) is 6.10 Å². The Bertz CT molecular complexity index is 523. The minimum atomic E-state index is -0.456. The molecule has 0 aliphatic carbocycles. The molecule has 0 fully saturated rings. The number of hydrogen-bond acceptors (Lipinski definition) is 5. The maximum absolute atomic E-state index is 11.1. The van der Waals surface area contributed by atoms with Gasteiger partial charge in [-0.05, 0) is 17.8 Å². The molecule has 1 atom stereocenters. The highest BCUT2D eigenvalue weighted by molar-refractivity contribution is 8.03. The Morgan fingerprint density at radius 1 is 1.43 bits per heavy atom. The summed E-state index contributed by atoms with van der Waals surface area (Å²) < 4.78 is 6.55. The van der Waals surface area contributed by atoms with E-state index in [0.717, 1.165) is 22.8 Å². The second kappa shape index (κ2) is 7.98. The van der Waals surface area contributed by atoms with Crippen LogP contribution in [0.25, 0.3) is 0 Å². The lowest BCUT2D eigenvalue weighted by molar-refractivity contribution is -0.870. The maximum atomic E-state index is 11.1. The van der Waals surface area contributed by atoms with Crippen LogP contribution < -0.4 is 0 Å². The van der Waals surface area contributed by atoms with Gasteiger partial charge >= 0.3 is 0 Å². The zero-order chi connectivity index (χ0) is 15.9. The highest BCUT2D eigenvalue weighted by atomic mass is 32.2. The molecule has 1 unspecified atom stereocenters. The number of benzene rings is 1.